The molecule has 2 rings (SSSR count). The van der Waals surface area contributed by atoms with Gasteiger partial charge < -0.3 is 15.4 Å². The van der Waals surface area contributed by atoms with Gasteiger partial charge in [0.15, 0.2) is 12.4 Å². The average Bonchev–Trinajstić information content (AvgIpc) is 2.66. The minimum absolute atomic E-state index is 0.0637. The summed E-state index contributed by atoms with van der Waals surface area (Å²) in [4.78, 5) is 46.4. The molecule has 0 radical (unpaired) electrons. The molecule has 0 unspecified atom stereocenters. The van der Waals surface area contributed by atoms with Crippen molar-refractivity contribution in [2.45, 2.75) is 19.8 Å². The van der Waals surface area contributed by atoms with Crippen molar-refractivity contribution in [3.8, 4) is 0 Å². The first-order valence-corrected chi connectivity index (χ1v) is 8.35. The maximum absolute atomic E-state index is 11.9. The van der Waals surface area contributed by atoms with Crippen LogP contribution in [0, 0.1) is 0 Å². The Balaban J connectivity index is 1.71. The topological polar surface area (TPSA) is 102 Å². The number of ether oxygens (including phenoxy) is 1. The Hall–Kier alpha value is -3.48. The molecule has 7 heteroatoms. The molecule has 27 heavy (non-hydrogen) atoms. The summed E-state index contributed by atoms with van der Waals surface area (Å²) < 4.78 is 4.90. The first-order valence-electron chi connectivity index (χ1n) is 8.35. The second-order valence-electron chi connectivity index (χ2n) is 5.76. The number of hydrogen-bond acceptors (Lipinski definition) is 5. The van der Waals surface area contributed by atoms with Crippen molar-refractivity contribution in [3.05, 3.63) is 60.2 Å². The molecule has 2 N–H and O–H groups in total. The van der Waals surface area contributed by atoms with Gasteiger partial charge in [-0.2, -0.15) is 0 Å². The summed E-state index contributed by atoms with van der Waals surface area (Å²) in [7, 11) is 0. The van der Waals surface area contributed by atoms with Crippen molar-refractivity contribution in [2.75, 3.05) is 17.2 Å². The molecule has 0 heterocycles. The number of ketones is 1. The second-order valence-corrected chi connectivity index (χ2v) is 5.76. The lowest BCUT2D eigenvalue weighted by atomic mass is 10.1. The third-order valence-electron chi connectivity index (χ3n) is 3.51. The highest BCUT2D eigenvalue weighted by Gasteiger charge is 2.12. The molecule has 7 nitrogen and oxygen atoms in total. The first-order chi connectivity index (χ1) is 12.9. The maximum Gasteiger partial charge on any atom is 0.306 e. The molecule has 0 spiro atoms. The lowest BCUT2D eigenvalue weighted by molar-refractivity contribution is -0.143. The number of hydrogen-bond donors (Lipinski definition) is 2. The zero-order valence-electron chi connectivity index (χ0n) is 14.9. The molecule has 0 saturated heterocycles. The molecule has 0 bridgehead atoms. The maximum atomic E-state index is 11.9. The standard InChI is InChI=1S/C20H20N2O5/c1-14(23)21-16-7-9-17(10-8-16)22-19(25)11-12-20(26)27-13-18(24)15-5-3-2-4-6-15/h2-10H,11-13H2,1H3,(H,21,23)(H,22,25). The highest BCUT2D eigenvalue weighted by molar-refractivity contribution is 5.98. The normalized spacial score (nSPS) is 9.96. The van der Waals surface area contributed by atoms with E-state index in [4.69, 9.17) is 4.74 Å². The van der Waals surface area contributed by atoms with Gasteiger partial charge in [-0.05, 0) is 24.3 Å². The van der Waals surface area contributed by atoms with Gasteiger partial charge in [-0.3, -0.25) is 19.2 Å². The number of Topliss-reactive ketones (excluding diaryl/α,β-unsaturated/α-hetero) is 1. The van der Waals surface area contributed by atoms with E-state index in [2.05, 4.69) is 10.6 Å². The predicted molar refractivity (Wildman–Crippen MR) is 100 cm³/mol. The SMILES string of the molecule is CC(=O)Nc1ccc(NC(=O)CCC(=O)OCC(=O)c2ccccc2)cc1. The van der Waals surface area contributed by atoms with Crippen molar-refractivity contribution in [3.63, 3.8) is 0 Å². The fourth-order valence-corrected chi connectivity index (χ4v) is 2.20. The van der Waals surface area contributed by atoms with Gasteiger partial charge in [0.2, 0.25) is 11.8 Å². The Labute approximate surface area is 156 Å². The monoisotopic (exact) mass is 368 g/mol. The number of anilines is 2. The number of carbonyl (C=O) groups is 4. The first kappa shape index (κ1) is 19.8. The molecule has 0 aromatic heterocycles. The quantitative estimate of drug-likeness (QED) is 0.551. The fraction of sp³-hybridized carbons (Fsp3) is 0.200. The summed E-state index contributed by atoms with van der Waals surface area (Å²) in [6.07, 6.45) is -0.191. The van der Waals surface area contributed by atoms with Crippen LogP contribution in [0.25, 0.3) is 0 Å². The van der Waals surface area contributed by atoms with Crippen molar-refractivity contribution in [2.24, 2.45) is 0 Å². The number of amides is 2. The lowest BCUT2D eigenvalue weighted by Gasteiger charge is -2.07. The van der Waals surface area contributed by atoms with E-state index in [-0.39, 0.29) is 37.0 Å². The summed E-state index contributed by atoms with van der Waals surface area (Å²) in [5.41, 5.74) is 1.62. The highest BCUT2D eigenvalue weighted by Crippen LogP contribution is 2.14. The van der Waals surface area contributed by atoms with Crippen molar-refractivity contribution >= 4 is 34.9 Å². The molecule has 2 amide bonds. The molecule has 140 valence electrons. The predicted octanol–water partition coefficient (Wildman–Crippen LogP) is 2.79. The van der Waals surface area contributed by atoms with Crippen molar-refractivity contribution in [1.29, 1.82) is 0 Å². The number of carbonyl (C=O) groups excluding carboxylic acids is 4. The Bertz CT molecular complexity index is 816. The molecule has 0 saturated carbocycles. The van der Waals surface area contributed by atoms with Crippen LogP contribution in [-0.2, 0) is 19.1 Å². The molecule has 0 aliphatic carbocycles. The minimum Gasteiger partial charge on any atom is -0.457 e. The molecular weight excluding hydrogens is 348 g/mol. The Morgan fingerprint density at radius 1 is 0.815 bits per heavy atom. The van der Waals surface area contributed by atoms with Crippen LogP contribution >= 0.6 is 0 Å². The summed E-state index contributed by atoms with van der Waals surface area (Å²) >= 11 is 0. The summed E-state index contributed by atoms with van der Waals surface area (Å²) in [6.45, 7) is 1.05. The number of esters is 1. The zero-order chi connectivity index (χ0) is 19.6. The van der Waals surface area contributed by atoms with E-state index in [1.165, 1.54) is 6.92 Å². The van der Waals surface area contributed by atoms with E-state index in [1.54, 1.807) is 54.6 Å². The molecule has 2 aromatic carbocycles. The van der Waals surface area contributed by atoms with Gasteiger partial charge in [-0.1, -0.05) is 30.3 Å². The van der Waals surface area contributed by atoms with Crippen LogP contribution in [0.5, 0.6) is 0 Å². The number of benzene rings is 2. The second kappa shape index (κ2) is 9.86. The van der Waals surface area contributed by atoms with Gasteiger partial charge in [0, 0.05) is 30.3 Å². The van der Waals surface area contributed by atoms with Crippen LogP contribution in [0.4, 0.5) is 11.4 Å². The van der Waals surface area contributed by atoms with Crippen LogP contribution in [0.1, 0.15) is 30.1 Å². The van der Waals surface area contributed by atoms with Gasteiger partial charge in [0.1, 0.15) is 0 Å². The lowest BCUT2D eigenvalue weighted by Crippen LogP contribution is -2.17. The van der Waals surface area contributed by atoms with Crippen molar-refractivity contribution < 1.29 is 23.9 Å². The van der Waals surface area contributed by atoms with Crippen LogP contribution < -0.4 is 10.6 Å². The highest BCUT2D eigenvalue weighted by atomic mass is 16.5. The molecule has 0 fully saturated rings. The Morgan fingerprint density at radius 3 is 2.00 bits per heavy atom. The van der Waals surface area contributed by atoms with Gasteiger partial charge in [-0.25, -0.2) is 0 Å². The Morgan fingerprint density at radius 2 is 1.41 bits per heavy atom. The van der Waals surface area contributed by atoms with E-state index in [0.29, 0.717) is 16.9 Å². The van der Waals surface area contributed by atoms with Crippen LogP contribution in [0.15, 0.2) is 54.6 Å². The largest absolute Gasteiger partial charge is 0.457 e. The smallest absolute Gasteiger partial charge is 0.306 e. The van der Waals surface area contributed by atoms with Crippen LogP contribution in [-0.4, -0.2) is 30.2 Å². The van der Waals surface area contributed by atoms with Gasteiger partial charge in [-0.15, -0.1) is 0 Å². The third-order valence-corrected chi connectivity index (χ3v) is 3.51. The number of nitrogens with one attached hydrogen (secondary N) is 2. The molecular formula is C20H20N2O5. The third kappa shape index (κ3) is 7.11. The van der Waals surface area contributed by atoms with E-state index in [1.807, 2.05) is 0 Å². The van der Waals surface area contributed by atoms with Crippen LogP contribution in [0.3, 0.4) is 0 Å². The Kier molecular flexibility index (Phi) is 7.25. The van der Waals surface area contributed by atoms with Gasteiger partial charge in [0.05, 0.1) is 6.42 Å². The fourth-order valence-electron chi connectivity index (χ4n) is 2.20. The van der Waals surface area contributed by atoms with E-state index in [0.717, 1.165) is 0 Å². The molecule has 2 aromatic rings. The van der Waals surface area contributed by atoms with Crippen molar-refractivity contribution in [1.82, 2.24) is 0 Å². The van der Waals surface area contributed by atoms with E-state index in [9.17, 15) is 19.2 Å². The van der Waals surface area contributed by atoms with Gasteiger partial charge >= 0.3 is 5.97 Å². The molecule has 0 atom stereocenters. The van der Waals surface area contributed by atoms with Gasteiger partial charge in [0.25, 0.3) is 0 Å². The minimum atomic E-state index is -0.615. The van der Waals surface area contributed by atoms with E-state index < -0.39 is 5.97 Å². The summed E-state index contributed by atoms with van der Waals surface area (Å²) in [6, 6.07) is 15.1. The molecule has 0 aliphatic heterocycles. The summed E-state index contributed by atoms with van der Waals surface area (Å²) in [5, 5.41) is 5.26. The molecule has 0 aliphatic rings. The number of rotatable bonds is 8. The summed E-state index contributed by atoms with van der Waals surface area (Å²) in [5.74, 6) is -1.45. The van der Waals surface area contributed by atoms with Crippen LogP contribution in [0.2, 0.25) is 0 Å². The zero-order valence-corrected chi connectivity index (χ0v) is 14.9. The van der Waals surface area contributed by atoms with E-state index >= 15 is 0 Å². The average molecular weight is 368 g/mol.